The summed E-state index contributed by atoms with van der Waals surface area (Å²) in [6, 6.07) is 4.71. The van der Waals surface area contributed by atoms with Crippen LogP contribution < -0.4 is 5.32 Å². The molecule has 4 heteroatoms. The Hall–Kier alpha value is -1.84. The van der Waals surface area contributed by atoms with E-state index in [4.69, 9.17) is 5.11 Å². The summed E-state index contributed by atoms with van der Waals surface area (Å²) < 4.78 is 13.0. The molecule has 3 nitrogen and oxygen atoms in total. The number of carboxylic acid groups (broad SMARTS) is 1. The van der Waals surface area contributed by atoms with Crippen molar-refractivity contribution in [1.82, 2.24) is 0 Å². The molecule has 0 radical (unpaired) electrons. The third-order valence-corrected chi connectivity index (χ3v) is 2.47. The number of carboxylic acids is 1. The van der Waals surface area contributed by atoms with Crippen LogP contribution in [-0.4, -0.2) is 17.6 Å². The van der Waals surface area contributed by atoms with Crippen LogP contribution in [0.5, 0.6) is 0 Å². The van der Waals surface area contributed by atoms with Gasteiger partial charge in [-0.2, -0.15) is 0 Å². The van der Waals surface area contributed by atoms with Gasteiger partial charge in [0.2, 0.25) is 0 Å². The van der Waals surface area contributed by atoms with Crippen molar-refractivity contribution >= 4 is 11.7 Å². The first-order valence-corrected chi connectivity index (χ1v) is 5.47. The van der Waals surface area contributed by atoms with Crippen LogP contribution in [0.3, 0.4) is 0 Å². The average molecular weight is 237 g/mol. The molecule has 17 heavy (non-hydrogen) atoms. The molecule has 92 valence electrons. The summed E-state index contributed by atoms with van der Waals surface area (Å²) in [5.74, 6) is -1.14. The molecule has 0 saturated heterocycles. The third-order valence-electron chi connectivity index (χ3n) is 2.47. The predicted molar refractivity (Wildman–Crippen MR) is 65.6 cm³/mol. The normalized spacial score (nSPS) is 11.4. The van der Waals surface area contributed by atoms with Crippen molar-refractivity contribution in [3.8, 4) is 0 Å². The van der Waals surface area contributed by atoms with Crippen molar-refractivity contribution in [1.29, 1.82) is 0 Å². The zero-order valence-electron chi connectivity index (χ0n) is 9.96. The Morgan fingerprint density at radius 3 is 2.76 bits per heavy atom. The van der Waals surface area contributed by atoms with Gasteiger partial charge in [0, 0.05) is 17.8 Å². The summed E-state index contributed by atoms with van der Waals surface area (Å²) in [7, 11) is 0. The molecule has 0 unspecified atom stereocenters. The van der Waals surface area contributed by atoms with Gasteiger partial charge in [-0.15, -0.1) is 0 Å². The van der Waals surface area contributed by atoms with Crippen LogP contribution in [-0.2, 0) is 4.79 Å². The number of halogens is 1. The smallest absolute Gasteiger partial charge is 0.331 e. The lowest BCUT2D eigenvalue weighted by atomic mass is 10.2. The van der Waals surface area contributed by atoms with Crippen LogP contribution in [0.4, 0.5) is 10.1 Å². The molecule has 2 N–H and O–H groups in total. The number of hydrogen-bond donors (Lipinski definition) is 2. The molecule has 0 heterocycles. The predicted octanol–water partition coefficient (Wildman–Crippen LogP) is 2.97. The molecule has 0 amide bonds. The Morgan fingerprint density at radius 2 is 2.24 bits per heavy atom. The zero-order valence-corrected chi connectivity index (χ0v) is 9.96. The molecular weight excluding hydrogens is 221 g/mol. The fourth-order valence-electron chi connectivity index (χ4n) is 1.43. The van der Waals surface area contributed by atoms with Crippen molar-refractivity contribution in [2.45, 2.75) is 20.3 Å². The van der Waals surface area contributed by atoms with Crippen LogP contribution in [0.1, 0.15) is 18.9 Å². The molecule has 0 aliphatic rings. The number of aryl methyl sites for hydroxylation is 1. The summed E-state index contributed by atoms with van der Waals surface area (Å²) in [5, 5.41) is 11.8. The Labute approximate surface area is 100.0 Å². The summed E-state index contributed by atoms with van der Waals surface area (Å²) in [6.45, 7) is 3.90. The molecule has 0 aromatic heterocycles. The Balaban J connectivity index is 2.61. The van der Waals surface area contributed by atoms with Gasteiger partial charge in [0.15, 0.2) is 0 Å². The van der Waals surface area contributed by atoms with E-state index < -0.39 is 5.97 Å². The fraction of sp³-hybridized carbons (Fsp3) is 0.308. The van der Waals surface area contributed by atoms with Crippen LogP contribution in [0.25, 0.3) is 0 Å². The van der Waals surface area contributed by atoms with Crippen molar-refractivity contribution in [3.63, 3.8) is 0 Å². The maximum atomic E-state index is 13.0. The Bertz CT molecular complexity index is 441. The van der Waals surface area contributed by atoms with Crippen molar-refractivity contribution in [2.24, 2.45) is 0 Å². The number of benzene rings is 1. The first kappa shape index (κ1) is 13.2. The van der Waals surface area contributed by atoms with Gasteiger partial charge in [-0.25, -0.2) is 9.18 Å². The van der Waals surface area contributed by atoms with Gasteiger partial charge < -0.3 is 10.4 Å². The van der Waals surface area contributed by atoms with E-state index in [-0.39, 0.29) is 5.82 Å². The van der Waals surface area contributed by atoms with E-state index in [2.05, 4.69) is 5.32 Å². The van der Waals surface area contributed by atoms with E-state index in [9.17, 15) is 9.18 Å². The maximum Gasteiger partial charge on any atom is 0.331 e. The third kappa shape index (κ3) is 3.90. The lowest BCUT2D eigenvalue weighted by Gasteiger charge is -2.05. The van der Waals surface area contributed by atoms with Gasteiger partial charge in [0.05, 0.1) is 0 Å². The standard InChI is InChI=1S/C13H16FNO2/c1-3-10(13(16)17)6-7-15-11-4-5-12(14)9(2)8-11/h4-6,8,15H,3,7H2,1-2H3,(H,16,17)/b10-6-. The lowest BCUT2D eigenvalue weighted by molar-refractivity contribution is -0.132. The number of hydrogen-bond acceptors (Lipinski definition) is 2. The molecule has 0 bridgehead atoms. The highest BCUT2D eigenvalue weighted by Crippen LogP contribution is 2.13. The monoisotopic (exact) mass is 237 g/mol. The molecule has 1 rings (SSSR count). The van der Waals surface area contributed by atoms with Gasteiger partial charge in [0.25, 0.3) is 0 Å². The molecule has 1 aromatic carbocycles. The highest BCUT2D eigenvalue weighted by atomic mass is 19.1. The van der Waals surface area contributed by atoms with Gasteiger partial charge in [-0.05, 0) is 37.1 Å². The second kappa shape index (κ2) is 6.03. The molecule has 0 fully saturated rings. The van der Waals surface area contributed by atoms with Gasteiger partial charge in [-0.3, -0.25) is 0 Å². The molecule has 0 aliphatic heterocycles. The number of carbonyl (C=O) groups is 1. The van der Waals surface area contributed by atoms with E-state index >= 15 is 0 Å². The zero-order chi connectivity index (χ0) is 12.8. The first-order chi connectivity index (χ1) is 8.04. The lowest BCUT2D eigenvalue weighted by Crippen LogP contribution is -2.05. The number of aliphatic carboxylic acids is 1. The fourth-order valence-corrected chi connectivity index (χ4v) is 1.43. The molecule has 0 saturated carbocycles. The molecule has 0 atom stereocenters. The van der Waals surface area contributed by atoms with E-state index in [1.54, 1.807) is 32.1 Å². The molecular formula is C13H16FNO2. The molecule has 1 aromatic rings. The van der Waals surface area contributed by atoms with Gasteiger partial charge in [0.1, 0.15) is 5.82 Å². The quantitative estimate of drug-likeness (QED) is 0.774. The summed E-state index contributed by atoms with van der Waals surface area (Å²) >= 11 is 0. The summed E-state index contributed by atoms with van der Waals surface area (Å²) in [6.07, 6.45) is 2.11. The van der Waals surface area contributed by atoms with E-state index in [1.165, 1.54) is 6.07 Å². The number of nitrogens with one attached hydrogen (secondary N) is 1. The largest absolute Gasteiger partial charge is 0.478 e. The second-order valence-electron chi connectivity index (χ2n) is 3.73. The van der Waals surface area contributed by atoms with Gasteiger partial charge in [-0.1, -0.05) is 13.0 Å². The Morgan fingerprint density at radius 1 is 1.53 bits per heavy atom. The van der Waals surface area contributed by atoms with Crippen molar-refractivity contribution in [3.05, 3.63) is 41.2 Å². The van der Waals surface area contributed by atoms with Crippen LogP contribution in [0.2, 0.25) is 0 Å². The number of anilines is 1. The molecule has 0 spiro atoms. The minimum atomic E-state index is -0.899. The summed E-state index contributed by atoms with van der Waals surface area (Å²) in [4.78, 5) is 10.7. The van der Waals surface area contributed by atoms with Crippen LogP contribution >= 0.6 is 0 Å². The first-order valence-electron chi connectivity index (χ1n) is 5.47. The number of rotatable bonds is 5. The SMILES string of the molecule is CC/C(=C/CNc1ccc(F)c(C)c1)C(=O)O. The topological polar surface area (TPSA) is 49.3 Å². The average Bonchev–Trinajstić information content (AvgIpc) is 2.28. The van der Waals surface area contributed by atoms with E-state index in [0.29, 0.717) is 24.1 Å². The highest BCUT2D eigenvalue weighted by molar-refractivity contribution is 5.86. The summed E-state index contributed by atoms with van der Waals surface area (Å²) in [5.41, 5.74) is 1.71. The van der Waals surface area contributed by atoms with E-state index in [1.807, 2.05) is 0 Å². The second-order valence-corrected chi connectivity index (χ2v) is 3.73. The Kier molecular flexibility index (Phi) is 4.69. The highest BCUT2D eigenvalue weighted by Gasteiger charge is 2.03. The minimum Gasteiger partial charge on any atom is -0.478 e. The van der Waals surface area contributed by atoms with Crippen LogP contribution in [0, 0.1) is 12.7 Å². The van der Waals surface area contributed by atoms with E-state index in [0.717, 1.165) is 5.69 Å². The van der Waals surface area contributed by atoms with Crippen molar-refractivity contribution in [2.75, 3.05) is 11.9 Å². The van der Waals surface area contributed by atoms with Gasteiger partial charge >= 0.3 is 5.97 Å². The molecule has 0 aliphatic carbocycles. The minimum absolute atomic E-state index is 0.245. The van der Waals surface area contributed by atoms with Crippen LogP contribution in [0.15, 0.2) is 29.8 Å². The maximum absolute atomic E-state index is 13.0. The van der Waals surface area contributed by atoms with Crippen molar-refractivity contribution < 1.29 is 14.3 Å².